The Hall–Kier alpha value is -0.390. The smallest absolute Gasteiger partial charge is 0.337 e. The van der Waals surface area contributed by atoms with Crippen LogP contribution in [-0.4, -0.2) is 25.6 Å². The van der Waals surface area contributed by atoms with Crippen LogP contribution in [0.5, 0.6) is 0 Å². The molecule has 1 atom stereocenters. The first-order valence-electron chi connectivity index (χ1n) is 6.01. The average molecular weight is 317 g/mol. The van der Waals surface area contributed by atoms with E-state index in [1.165, 1.54) is 0 Å². The van der Waals surface area contributed by atoms with E-state index in [4.69, 9.17) is 12.2 Å². The number of rotatable bonds is 2. The van der Waals surface area contributed by atoms with Gasteiger partial charge < -0.3 is 14.7 Å². The maximum atomic E-state index is 12.2. The predicted molar refractivity (Wildman–Crippen MR) is 82.3 cm³/mol. The Bertz CT molecular complexity index is 519. The van der Waals surface area contributed by atoms with Gasteiger partial charge in [0.05, 0.1) is 0 Å². The molecular formula is C12H16NO3PS2. The minimum atomic E-state index is -4.41. The third kappa shape index (κ3) is 2.60. The van der Waals surface area contributed by atoms with Crippen LogP contribution in [0.4, 0.5) is 0 Å². The van der Waals surface area contributed by atoms with Crippen LogP contribution in [0, 0.1) is 0 Å². The molecule has 19 heavy (non-hydrogen) atoms. The molecule has 0 spiro atoms. The van der Waals surface area contributed by atoms with Crippen LogP contribution >= 0.6 is 32.4 Å². The van der Waals surface area contributed by atoms with Gasteiger partial charge >= 0.3 is 7.60 Å². The van der Waals surface area contributed by atoms with Crippen molar-refractivity contribution < 1.29 is 14.4 Å². The van der Waals surface area contributed by atoms with Crippen LogP contribution in [0.25, 0.3) is 0 Å². The number of hydrogen-bond acceptors (Lipinski definition) is 2. The lowest BCUT2D eigenvalue weighted by atomic mass is 9.95. The van der Waals surface area contributed by atoms with Gasteiger partial charge in [-0.05, 0) is 24.8 Å². The largest absolute Gasteiger partial charge is 0.355 e. The topological polar surface area (TPSA) is 60.8 Å². The predicted octanol–water partition coefficient (Wildman–Crippen LogP) is 2.72. The molecule has 0 aliphatic carbocycles. The zero-order valence-electron chi connectivity index (χ0n) is 10.3. The second-order valence-electron chi connectivity index (χ2n) is 4.62. The van der Waals surface area contributed by atoms with Gasteiger partial charge in [-0.3, -0.25) is 4.57 Å². The highest BCUT2D eigenvalue weighted by Crippen LogP contribution is 2.62. The number of thiol groups is 1. The van der Waals surface area contributed by atoms with E-state index in [0.29, 0.717) is 18.5 Å². The molecule has 0 bridgehead atoms. The van der Waals surface area contributed by atoms with Crippen molar-refractivity contribution in [3.05, 3.63) is 35.9 Å². The van der Waals surface area contributed by atoms with Crippen molar-refractivity contribution in [3.8, 4) is 0 Å². The summed E-state index contributed by atoms with van der Waals surface area (Å²) in [7, 11) is -4.41. The van der Waals surface area contributed by atoms with Crippen molar-refractivity contribution in [2.45, 2.75) is 24.5 Å². The van der Waals surface area contributed by atoms with Crippen LogP contribution in [-0.2, 0) is 9.85 Å². The van der Waals surface area contributed by atoms with E-state index in [1.807, 2.05) is 6.07 Å². The summed E-state index contributed by atoms with van der Waals surface area (Å²) in [6.45, 7) is 0.516. The highest BCUT2D eigenvalue weighted by atomic mass is 32.1. The van der Waals surface area contributed by atoms with Gasteiger partial charge in [0.1, 0.15) is 4.32 Å². The molecular weight excluding hydrogens is 301 g/mol. The Balaban J connectivity index is 2.63. The summed E-state index contributed by atoms with van der Waals surface area (Å²) in [5, 5.41) is -1.37. The summed E-state index contributed by atoms with van der Waals surface area (Å²) in [5.74, 6) is 0. The van der Waals surface area contributed by atoms with E-state index in [1.54, 1.807) is 29.2 Å². The lowest BCUT2D eigenvalue weighted by molar-refractivity contribution is 0.162. The average Bonchev–Trinajstić information content (AvgIpc) is 2.38. The zero-order chi connectivity index (χ0) is 14.1. The van der Waals surface area contributed by atoms with E-state index in [2.05, 4.69) is 12.6 Å². The van der Waals surface area contributed by atoms with Crippen LogP contribution in [0.2, 0.25) is 0 Å². The Morgan fingerprint density at radius 2 is 1.95 bits per heavy atom. The number of nitrogens with zero attached hydrogens (tertiary/aromatic N) is 1. The lowest BCUT2D eigenvalue weighted by Crippen LogP contribution is -2.50. The normalized spacial score (nSPS) is 24.3. The molecule has 0 saturated carbocycles. The molecule has 1 aliphatic heterocycles. The Labute approximate surface area is 123 Å². The lowest BCUT2D eigenvalue weighted by Gasteiger charge is -2.47. The SMILES string of the molecule is O=P(O)(O)C1(c2ccccc2)CCCCN1C(=S)S. The number of thiocarbonyl (C=S) groups is 1. The molecule has 1 unspecified atom stereocenters. The molecule has 1 saturated heterocycles. The number of piperidine rings is 1. The van der Waals surface area contributed by atoms with Crippen molar-refractivity contribution in [2.75, 3.05) is 6.54 Å². The quantitative estimate of drug-likeness (QED) is 0.445. The first kappa shape index (κ1) is 15.0. The van der Waals surface area contributed by atoms with Gasteiger partial charge in [-0.2, -0.15) is 0 Å². The molecule has 1 fully saturated rings. The monoisotopic (exact) mass is 317 g/mol. The van der Waals surface area contributed by atoms with Gasteiger partial charge in [0.2, 0.25) is 0 Å². The second-order valence-corrected chi connectivity index (χ2v) is 7.56. The van der Waals surface area contributed by atoms with E-state index in [-0.39, 0.29) is 4.32 Å². The maximum Gasteiger partial charge on any atom is 0.355 e. The van der Waals surface area contributed by atoms with Crippen LogP contribution in [0.1, 0.15) is 24.8 Å². The van der Waals surface area contributed by atoms with E-state index >= 15 is 0 Å². The zero-order valence-corrected chi connectivity index (χ0v) is 12.9. The first-order valence-corrected chi connectivity index (χ1v) is 8.48. The highest BCUT2D eigenvalue weighted by molar-refractivity contribution is 8.11. The van der Waals surface area contributed by atoms with Gasteiger partial charge in [0.15, 0.2) is 5.28 Å². The summed E-state index contributed by atoms with van der Waals surface area (Å²) < 4.78 is 12.4. The van der Waals surface area contributed by atoms with Crippen molar-refractivity contribution in [1.82, 2.24) is 4.90 Å². The third-order valence-corrected chi connectivity index (χ3v) is 5.70. The number of likely N-dealkylation sites (tertiary alicyclic amines) is 1. The van der Waals surface area contributed by atoms with Crippen molar-refractivity contribution >= 4 is 36.8 Å². The van der Waals surface area contributed by atoms with E-state index < -0.39 is 12.9 Å². The van der Waals surface area contributed by atoms with Gasteiger partial charge in [0.25, 0.3) is 0 Å². The molecule has 7 heteroatoms. The highest BCUT2D eigenvalue weighted by Gasteiger charge is 2.54. The molecule has 0 aromatic heterocycles. The second kappa shape index (κ2) is 5.54. The summed E-state index contributed by atoms with van der Waals surface area (Å²) in [5.41, 5.74) is 0.597. The fourth-order valence-electron chi connectivity index (χ4n) is 2.69. The molecule has 0 radical (unpaired) electrons. The van der Waals surface area contributed by atoms with Gasteiger partial charge in [-0.15, -0.1) is 12.6 Å². The van der Waals surface area contributed by atoms with E-state index in [9.17, 15) is 14.4 Å². The fourth-order valence-corrected chi connectivity index (χ4v) is 4.81. The molecule has 2 N–H and O–H groups in total. The van der Waals surface area contributed by atoms with Crippen molar-refractivity contribution in [1.29, 1.82) is 0 Å². The Morgan fingerprint density at radius 3 is 2.47 bits per heavy atom. The summed E-state index contributed by atoms with van der Waals surface area (Å²) in [4.78, 5) is 21.5. The number of benzene rings is 1. The van der Waals surface area contributed by atoms with Crippen LogP contribution < -0.4 is 0 Å². The molecule has 1 aromatic carbocycles. The standard InChI is InChI=1S/C12H16NO3PS2/c14-17(15,16)12(10-6-2-1-3-7-10)8-4-5-9-13(12)11(18)19/h1-3,6-7H,4-5,8-9H2,(H,18,19)(H2,14,15,16). The summed E-state index contributed by atoms with van der Waals surface area (Å²) in [6, 6.07) is 8.86. The molecule has 1 heterocycles. The minimum Gasteiger partial charge on any atom is -0.337 e. The van der Waals surface area contributed by atoms with Gasteiger partial charge in [-0.1, -0.05) is 42.5 Å². The minimum absolute atomic E-state index is 0.229. The Kier molecular flexibility index (Phi) is 4.38. The third-order valence-electron chi connectivity index (χ3n) is 3.55. The van der Waals surface area contributed by atoms with Crippen LogP contribution in [0.15, 0.2) is 30.3 Å². The molecule has 1 aromatic rings. The van der Waals surface area contributed by atoms with Crippen molar-refractivity contribution in [2.24, 2.45) is 0 Å². The summed E-state index contributed by atoms with van der Waals surface area (Å²) >= 11 is 9.23. The number of hydrogen-bond donors (Lipinski definition) is 3. The van der Waals surface area contributed by atoms with E-state index in [0.717, 1.165) is 12.8 Å². The maximum absolute atomic E-state index is 12.2. The fraction of sp³-hybridized carbons (Fsp3) is 0.417. The first-order chi connectivity index (χ1) is 8.89. The summed E-state index contributed by atoms with van der Waals surface area (Å²) in [6.07, 6.45) is 1.99. The van der Waals surface area contributed by atoms with Gasteiger partial charge in [-0.25, -0.2) is 0 Å². The Morgan fingerprint density at radius 1 is 1.32 bits per heavy atom. The molecule has 4 nitrogen and oxygen atoms in total. The van der Waals surface area contributed by atoms with Gasteiger partial charge in [0, 0.05) is 6.54 Å². The van der Waals surface area contributed by atoms with Crippen molar-refractivity contribution in [3.63, 3.8) is 0 Å². The molecule has 104 valence electrons. The molecule has 0 amide bonds. The molecule has 1 aliphatic rings. The van der Waals surface area contributed by atoms with Crippen LogP contribution in [0.3, 0.4) is 0 Å². The molecule has 2 rings (SSSR count).